The second-order valence-electron chi connectivity index (χ2n) is 5.74. The van der Waals surface area contributed by atoms with E-state index in [1.54, 1.807) is 12.1 Å². The summed E-state index contributed by atoms with van der Waals surface area (Å²) < 4.78 is 40.6. The number of nitrogens with zero attached hydrogens (tertiary/aromatic N) is 1. The molecule has 0 amide bonds. The highest BCUT2D eigenvalue weighted by Gasteiger charge is 2.36. The highest BCUT2D eigenvalue weighted by Crippen LogP contribution is 2.34. The molecule has 22 heavy (non-hydrogen) atoms. The summed E-state index contributed by atoms with van der Waals surface area (Å²) >= 11 is 0. The summed E-state index contributed by atoms with van der Waals surface area (Å²) in [6.45, 7) is 2.89. The van der Waals surface area contributed by atoms with Gasteiger partial charge in [0.05, 0.1) is 11.9 Å². The summed E-state index contributed by atoms with van der Waals surface area (Å²) in [5.74, 6) is -0.336. The summed E-state index contributed by atoms with van der Waals surface area (Å²) in [5, 5.41) is 10.7. The fourth-order valence-corrected chi connectivity index (χ4v) is 3.48. The minimum atomic E-state index is -3.52. The molecule has 1 unspecified atom stereocenters. The Kier molecular flexibility index (Phi) is 5.21. The average Bonchev–Trinajstić information content (AvgIpc) is 2.45. The zero-order valence-electron chi connectivity index (χ0n) is 12.8. The fraction of sp³-hybridized carbons (Fsp3) is 0.600. The van der Waals surface area contributed by atoms with Gasteiger partial charge in [0, 0.05) is 13.1 Å². The van der Waals surface area contributed by atoms with E-state index < -0.39 is 21.9 Å². The number of aliphatic hydroxyl groups is 1. The van der Waals surface area contributed by atoms with Crippen molar-refractivity contribution >= 4 is 10.1 Å². The number of piperidine rings is 1. The lowest BCUT2D eigenvalue weighted by molar-refractivity contribution is -0.0676. The lowest BCUT2D eigenvalue weighted by atomic mass is 9.84. The van der Waals surface area contributed by atoms with Crippen LogP contribution in [0.4, 0.5) is 4.39 Å². The van der Waals surface area contributed by atoms with Crippen LogP contribution in [-0.4, -0.2) is 44.0 Å². The molecule has 0 aliphatic carbocycles. The Morgan fingerprint density at radius 1 is 1.32 bits per heavy atom. The van der Waals surface area contributed by atoms with Crippen LogP contribution in [0.2, 0.25) is 0 Å². The number of hydrogen-bond acceptors (Lipinski definition) is 5. The van der Waals surface area contributed by atoms with E-state index in [4.69, 9.17) is 4.18 Å². The molecule has 1 aromatic rings. The van der Waals surface area contributed by atoms with Gasteiger partial charge >= 0.3 is 0 Å². The monoisotopic (exact) mass is 331 g/mol. The Morgan fingerprint density at radius 2 is 1.86 bits per heavy atom. The second-order valence-corrected chi connectivity index (χ2v) is 7.34. The van der Waals surface area contributed by atoms with E-state index in [1.165, 1.54) is 12.1 Å². The first-order valence-corrected chi connectivity index (χ1v) is 9.16. The third kappa shape index (κ3) is 4.25. The first-order valence-electron chi connectivity index (χ1n) is 7.34. The van der Waals surface area contributed by atoms with Gasteiger partial charge in [0.15, 0.2) is 0 Å². The van der Waals surface area contributed by atoms with Crippen LogP contribution in [0, 0.1) is 5.82 Å². The summed E-state index contributed by atoms with van der Waals surface area (Å²) in [4.78, 5) is 1.92. The summed E-state index contributed by atoms with van der Waals surface area (Å²) in [6, 6.07) is 5.85. The highest BCUT2D eigenvalue weighted by molar-refractivity contribution is 7.86. The molecule has 7 heteroatoms. The molecule has 0 radical (unpaired) electrons. The Labute approximate surface area is 130 Å². The Hall–Kier alpha value is -1.02. The maximum absolute atomic E-state index is 13.0. The second kappa shape index (κ2) is 6.62. The standard InChI is InChI=1S/C15H22FNO4S/c1-3-14(21-22(2,19)20)17-10-8-15(18,9-11-17)12-4-6-13(16)7-5-12/h4-7,14,18H,3,8-11H2,1-2H3. The zero-order valence-corrected chi connectivity index (χ0v) is 13.6. The fourth-order valence-electron chi connectivity index (χ4n) is 2.82. The van der Waals surface area contributed by atoms with Crippen LogP contribution in [0.25, 0.3) is 0 Å². The molecule has 1 aliphatic rings. The van der Waals surface area contributed by atoms with Gasteiger partial charge in [-0.1, -0.05) is 19.1 Å². The predicted molar refractivity (Wildman–Crippen MR) is 81.1 cm³/mol. The van der Waals surface area contributed by atoms with Crippen LogP contribution >= 0.6 is 0 Å². The van der Waals surface area contributed by atoms with Gasteiger partial charge in [-0.2, -0.15) is 8.42 Å². The molecular weight excluding hydrogens is 309 g/mol. The molecule has 1 fully saturated rings. The first kappa shape index (κ1) is 17.3. The van der Waals surface area contributed by atoms with Crippen molar-refractivity contribution in [2.24, 2.45) is 0 Å². The summed E-state index contributed by atoms with van der Waals surface area (Å²) in [7, 11) is -3.52. The smallest absolute Gasteiger partial charge is 0.265 e. The van der Waals surface area contributed by atoms with Gasteiger partial charge in [-0.05, 0) is 37.0 Å². The highest BCUT2D eigenvalue weighted by atomic mass is 32.2. The SMILES string of the molecule is CCC(OS(C)(=O)=O)N1CCC(O)(c2ccc(F)cc2)CC1. The van der Waals surface area contributed by atoms with Crippen molar-refractivity contribution in [1.82, 2.24) is 4.90 Å². The van der Waals surface area contributed by atoms with E-state index >= 15 is 0 Å². The number of likely N-dealkylation sites (tertiary alicyclic amines) is 1. The van der Waals surface area contributed by atoms with Crippen LogP contribution in [0.1, 0.15) is 31.7 Å². The lowest BCUT2D eigenvalue weighted by Crippen LogP contribution is -2.48. The predicted octanol–water partition coefficient (Wildman–Crippen LogP) is 1.82. The van der Waals surface area contributed by atoms with Gasteiger partial charge < -0.3 is 5.11 Å². The van der Waals surface area contributed by atoms with Gasteiger partial charge in [-0.15, -0.1) is 0 Å². The van der Waals surface area contributed by atoms with E-state index in [0.717, 1.165) is 6.26 Å². The van der Waals surface area contributed by atoms with Crippen molar-refractivity contribution in [1.29, 1.82) is 0 Å². The molecule has 1 saturated heterocycles. The van der Waals surface area contributed by atoms with Gasteiger partial charge in [-0.3, -0.25) is 9.08 Å². The molecule has 0 saturated carbocycles. The Bertz CT molecular complexity index is 594. The number of hydrogen-bond donors (Lipinski definition) is 1. The molecular formula is C15H22FNO4S. The van der Waals surface area contributed by atoms with Crippen molar-refractivity contribution in [3.63, 3.8) is 0 Å². The maximum atomic E-state index is 13.0. The quantitative estimate of drug-likeness (QED) is 0.834. The molecule has 0 bridgehead atoms. The molecule has 1 aliphatic heterocycles. The third-order valence-electron chi connectivity index (χ3n) is 4.05. The molecule has 2 rings (SSSR count). The normalized spacial score (nSPS) is 20.7. The van der Waals surface area contributed by atoms with Gasteiger partial charge in [0.1, 0.15) is 12.0 Å². The van der Waals surface area contributed by atoms with Crippen LogP contribution in [-0.2, 0) is 19.9 Å². The molecule has 0 aromatic heterocycles. The largest absolute Gasteiger partial charge is 0.385 e. The minimum Gasteiger partial charge on any atom is -0.385 e. The lowest BCUT2D eigenvalue weighted by Gasteiger charge is -2.41. The first-order chi connectivity index (χ1) is 10.2. The van der Waals surface area contributed by atoms with Gasteiger partial charge in [0.2, 0.25) is 0 Å². The van der Waals surface area contributed by atoms with Crippen LogP contribution in [0.5, 0.6) is 0 Å². The molecule has 0 spiro atoms. The number of halogens is 1. The molecule has 5 nitrogen and oxygen atoms in total. The molecule has 1 N–H and O–H groups in total. The van der Waals surface area contributed by atoms with Crippen LogP contribution in [0.3, 0.4) is 0 Å². The number of rotatable bonds is 5. The maximum Gasteiger partial charge on any atom is 0.265 e. The van der Waals surface area contributed by atoms with Crippen molar-refractivity contribution in [2.75, 3.05) is 19.3 Å². The summed E-state index contributed by atoms with van der Waals surface area (Å²) in [6.07, 6.45) is 1.97. The van der Waals surface area contributed by atoms with Crippen molar-refractivity contribution < 1.29 is 22.1 Å². The number of benzene rings is 1. The molecule has 124 valence electrons. The van der Waals surface area contributed by atoms with Crippen LogP contribution in [0.15, 0.2) is 24.3 Å². The van der Waals surface area contributed by atoms with Crippen LogP contribution < -0.4 is 0 Å². The minimum absolute atomic E-state index is 0.336. The van der Waals surface area contributed by atoms with E-state index in [-0.39, 0.29) is 5.82 Å². The molecule has 1 aromatic carbocycles. The zero-order chi connectivity index (χ0) is 16.4. The Balaban J connectivity index is 2.04. The van der Waals surface area contributed by atoms with E-state index in [0.29, 0.717) is 37.9 Å². The summed E-state index contributed by atoms with van der Waals surface area (Å²) in [5.41, 5.74) is -0.321. The van der Waals surface area contributed by atoms with E-state index in [9.17, 15) is 17.9 Å². The van der Waals surface area contributed by atoms with Gasteiger partial charge in [0.25, 0.3) is 10.1 Å². The van der Waals surface area contributed by atoms with Crippen molar-refractivity contribution in [3.8, 4) is 0 Å². The van der Waals surface area contributed by atoms with E-state index in [2.05, 4.69) is 0 Å². The third-order valence-corrected chi connectivity index (χ3v) is 4.62. The van der Waals surface area contributed by atoms with E-state index in [1.807, 2.05) is 11.8 Å². The van der Waals surface area contributed by atoms with Crippen molar-refractivity contribution in [3.05, 3.63) is 35.6 Å². The van der Waals surface area contributed by atoms with Gasteiger partial charge in [-0.25, -0.2) is 4.39 Å². The Morgan fingerprint density at radius 3 is 2.32 bits per heavy atom. The topological polar surface area (TPSA) is 66.8 Å². The van der Waals surface area contributed by atoms with Crippen molar-refractivity contribution in [2.45, 2.75) is 38.0 Å². The molecule has 1 heterocycles. The molecule has 1 atom stereocenters. The average molecular weight is 331 g/mol.